The highest BCUT2D eigenvalue weighted by atomic mass is 16.5. The number of carbonyl (C=O) groups is 1. The van der Waals surface area contributed by atoms with Crippen molar-refractivity contribution in [2.24, 2.45) is 11.8 Å². The fourth-order valence-corrected chi connectivity index (χ4v) is 2.97. The van der Waals surface area contributed by atoms with E-state index in [-0.39, 0.29) is 11.9 Å². The van der Waals surface area contributed by atoms with Crippen LogP contribution in [0.25, 0.3) is 0 Å². The lowest BCUT2D eigenvalue weighted by atomic mass is 9.78. The molecule has 3 nitrogen and oxygen atoms in total. The second-order valence-electron chi connectivity index (χ2n) is 5.78. The Morgan fingerprint density at radius 3 is 2.80 bits per heavy atom. The molecule has 0 unspecified atom stereocenters. The predicted molar refractivity (Wildman–Crippen MR) is 81.0 cm³/mol. The van der Waals surface area contributed by atoms with Gasteiger partial charge in [-0.25, -0.2) is 0 Å². The molecular formula is C17H25NO2. The van der Waals surface area contributed by atoms with Gasteiger partial charge < -0.3 is 10.1 Å². The number of ether oxygens (including phenoxy) is 1. The highest BCUT2D eigenvalue weighted by molar-refractivity contribution is 5.97. The van der Waals surface area contributed by atoms with Gasteiger partial charge in [-0.3, -0.25) is 4.79 Å². The summed E-state index contributed by atoms with van der Waals surface area (Å²) in [6, 6.07) is 7.74. The molecule has 1 aromatic rings. The number of amides is 1. The van der Waals surface area contributed by atoms with E-state index >= 15 is 0 Å². The zero-order chi connectivity index (χ0) is 14.5. The van der Waals surface area contributed by atoms with Crippen LogP contribution in [0, 0.1) is 11.8 Å². The Kier molecular flexibility index (Phi) is 5.05. The van der Waals surface area contributed by atoms with Gasteiger partial charge in [-0.1, -0.05) is 38.8 Å². The van der Waals surface area contributed by atoms with Crippen molar-refractivity contribution in [1.29, 1.82) is 0 Å². The zero-order valence-electron chi connectivity index (χ0n) is 12.7. The van der Waals surface area contributed by atoms with Crippen molar-refractivity contribution < 1.29 is 9.53 Å². The van der Waals surface area contributed by atoms with Gasteiger partial charge in [0.05, 0.1) is 12.2 Å². The Labute approximate surface area is 121 Å². The lowest BCUT2D eigenvalue weighted by molar-refractivity contribution is 0.0887. The predicted octanol–water partition coefficient (Wildman–Crippen LogP) is 3.64. The summed E-state index contributed by atoms with van der Waals surface area (Å²) in [5.41, 5.74) is 0.639. The molecule has 1 aromatic carbocycles. The molecule has 2 rings (SSSR count). The van der Waals surface area contributed by atoms with Crippen LogP contribution < -0.4 is 10.1 Å². The van der Waals surface area contributed by atoms with E-state index in [1.54, 1.807) is 0 Å². The summed E-state index contributed by atoms with van der Waals surface area (Å²) < 4.78 is 5.53. The van der Waals surface area contributed by atoms with Gasteiger partial charge in [-0.2, -0.15) is 0 Å². The van der Waals surface area contributed by atoms with E-state index in [0.29, 0.717) is 29.8 Å². The monoisotopic (exact) mass is 275 g/mol. The van der Waals surface area contributed by atoms with E-state index in [9.17, 15) is 4.79 Å². The normalized spacial score (nSPS) is 26.1. The fourth-order valence-electron chi connectivity index (χ4n) is 2.97. The van der Waals surface area contributed by atoms with Crippen LogP contribution in [0.1, 0.15) is 50.4 Å². The van der Waals surface area contributed by atoms with Gasteiger partial charge in [0.25, 0.3) is 5.91 Å². The topological polar surface area (TPSA) is 38.3 Å². The van der Waals surface area contributed by atoms with Crippen LogP contribution in [0.2, 0.25) is 0 Å². The van der Waals surface area contributed by atoms with Gasteiger partial charge in [-0.15, -0.1) is 0 Å². The van der Waals surface area contributed by atoms with Crippen molar-refractivity contribution in [3.63, 3.8) is 0 Å². The molecule has 0 aromatic heterocycles. The molecule has 1 N–H and O–H groups in total. The SMILES string of the molecule is CCOc1ccccc1C(=O)N[C@H]1CCC[C@@H](C)[C@@H]1C. The first-order valence-corrected chi connectivity index (χ1v) is 7.66. The van der Waals surface area contributed by atoms with E-state index in [4.69, 9.17) is 4.74 Å². The van der Waals surface area contributed by atoms with E-state index in [1.165, 1.54) is 12.8 Å². The Morgan fingerprint density at radius 1 is 1.30 bits per heavy atom. The van der Waals surface area contributed by atoms with E-state index in [0.717, 1.165) is 6.42 Å². The van der Waals surface area contributed by atoms with Gasteiger partial charge in [0.2, 0.25) is 0 Å². The minimum Gasteiger partial charge on any atom is -0.493 e. The van der Waals surface area contributed by atoms with Gasteiger partial charge >= 0.3 is 0 Å². The number of carbonyl (C=O) groups excluding carboxylic acids is 1. The summed E-state index contributed by atoms with van der Waals surface area (Å²) in [5.74, 6) is 1.87. The molecule has 1 aliphatic rings. The number of para-hydroxylation sites is 1. The minimum absolute atomic E-state index is 0.0139. The summed E-state index contributed by atoms with van der Waals surface area (Å²) in [6.07, 6.45) is 3.54. The molecule has 0 aliphatic heterocycles. The van der Waals surface area contributed by atoms with Crippen molar-refractivity contribution in [1.82, 2.24) is 5.32 Å². The van der Waals surface area contributed by atoms with Crippen LogP contribution in [0.4, 0.5) is 0 Å². The number of hydrogen-bond donors (Lipinski definition) is 1. The summed E-state index contributed by atoms with van der Waals surface area (Å²) in [6.45, 7) is 7.01. The van der Waals surface area contributed by atoms with Crippen LogP contribution in [0.15, 0.2) is 24.3 Å². The zero-order valence-corrected chi connectivity index (χ0v) is 12.7. The lowest BCUT2D eigenvalue weighted by Crippen LogP contribution is -2.43. The van der Waals surface area contributed by atoms with Gasteiger partial charge in [0.15, 0.2) is 0 Å². The number of nitrogens with one attached hydrogen (secondary N) is 1. The Morgan fingerprint density at radius 2 is 2.05 bits per heavy atom. The molecule has 1 aliphatic carbocycles. The largest absolute Gasteiger partial charge is 0.493 e. The minimum atomic E-state index is -0.0139. The Hall–Kier alpha value is -1.51. The third kappa shape index (κ3) is 3.33. The molecule has 110 valence electrons. The number of rotatable bonds is 4. The summed E-state index contributed by atoms with van der Waals surface area (Å²) >= 11 is 0. The van der Waals surface area contributed by atoms with Crippen LogP contribution in [-0.4, -0.2) is 18.6 Å². The highest BCUT2D eigenvalue weighted by Gasteiger charge is 2.28. The molecule has 1 saturated carbocycles. The molecule has 0 radical (unpaired) electrons. The average molecular weight is 275 g/mol. The van der Waals surface area contributed by atoms with Gasteiger partial charge in [-0.05, 0) is 37.3 Å². The van der Waals surface area contributed by atoms with Crippen LogP contribution in [-0.2, 0) is 0 Å². The van der Waals surface area contributed by atoms with Crippen molar-refractivity contribution in [2.75, 3.05) is 6.61 Å². The molecule has 20 heavy (non-hydrogen) atoms. The fraction of sp³-hybridized carbons (Fsp3) is 0.588. The smallest absolute Gasteiger partial charge is 0.255 e. The van der Waals surface area contributed by atoms with Crippen LogP contribution >= 0.6 is 0 Å². The molecule has 1 fully saturated rings. The third-order valence-corrected chi connectivity index (χ3v) is 4.45. The number of benzene rings is 1. The summed E-state index contributed by atoms with van der Waals surface area (Å²) in [7, 11) is 0. The molecule has 0 bridgehead atoms. The van der Waals surface area contributed by atoms with Crippen LogP contribution in [0.3, 0.4) is 0 Å². The maximum Gasteiger partial charge on any atom is 0.255 e. The van der Waals surface area contributed by atoms with Gasteiger partial charge in [0.1, 0.15) is 5.75 Å². The van der Waals surface area contributed by atoms with Crippen LogP contribution in [0.5, 0.6) is 5.75 Å². The summed E-state index contributed by atoms with van der Waals surface area (Å²) in [4.78, 5) is 12.5. The van der Waals surface area contributed by atoms with Crippen molar-refractivity contribution in [3.05, 3.63) is 29.8 Å². The first-order chi connectivity index (χ1) is 9.63. The first-order valence-electron chi connectivity index (χ1n) is 7.66. The maximum atomic E-state index is 12.5. The average Bonchev–Trinajstić information content (AvgIpc) is 2.45. The highest BCUT2D eigenvalue weighted by Crippen LogP contribution is 2.30. The molecular weight excluding hydrogens is 250 g/mol. The van der Waals surface area contributed by atoms with Crippen molar-refractivity contribution >= 4 is 5.91 Å². The number of hydrogen-bond acceptors (Lipinski definition) is 2. The molecule has 0 heterocycles. The molecule has 0 spiro atoms. The molecule has 3 atom stereocenters. The summed E-state index contributed by atoms with van der Waals surface area (Å²) in [5, 5.41) is 3.20. The second-order valence-corrected chi connectivity index (χ2v) is 5.78. The van der Waals surface area contributed by atoms with Crippen molar-refractivity contribution in [3.8, 4) is 5.75 Å². The third-order valence-electron chi connectivity index (χ3n) is 4.45. The lowest BCUT2D eigenvalue weighted by Gasteiger charge is -2.34. The van der Waals surface area contributed by atoms with E-state index in [2.05, 4.69) is 19.2 Å². The standard InChI is InChI=1S/C17H25NO2/c1-4-20-16-11-6-5-9-14(16)17(19)18-15-10-7-8-12(2)13(15)3/h5-6,9,11-13,15H,4,7-8,10H2,1-3H3,(H,18,19)/t12-,13+,15+/m1/s1. The van der Waals surface area contributed by atoms with E-state index < -0.39 is 0 Å². The van der Waals surface area contributed by atoms with Gasteiger partial charge in [0, 0.05) is 6.04 Å². The molecule has 3 heteroatoms. The second kappa shape index (κ2) is 6.78. The Bertz CT molecular complexity index is 458. The molecule has 1 amide bonds. The Balaban J connectivity index is 2.08. The quantitative estimate of drug-likeness (QED) is 0.911. The van der Waals surface area contributed by atoms with E-state index in [1.807, 2.05) is 31.2 Å². The maximum absolute atomic E-state index is 12.5. The molecule has 0 saturated heterocycles. The van der Waals surface area contributed by atoms with Crippen molar-refractivity contribution in [2.45, 2.75) is 46.1 Å². The first kappa shape index (κ1) is 14.9.